The Labute approximate surface area is 148 Å². The van der Waals surface area contributed by atoms with Crippen LogP contribution >= 0.6 is 0 Å². The molecule has 0 aliphatic carbocycles. The molecule has 0 spiro atoms. The van der Waals surface area contributed by atoms with Crippen LogP contribution in [0.5, 0.6) is 0 Å². The Bertz CT molecular complexity index is 202. The molecule has 0 aliphatic heterocycles. The maximum absolute atomic E-state index is 4.78. The van der Waals surface area contributed by atoms with Crippen molar-refractivity contribution in [2.45, 2.75) is 124 Å². The third-order valence-corrected chi connectivity index (χ3v) is 5.10. The van der Waals surface area contributed by atoms with Crippen LogP contribution in [0.25, 0.3) is 0 Å². The van der Waals surface area contributed by atoms with Gasteiger partial charge in [0.05, 0.1) is 0 Å². The molecule has 0 aromatic heterocycles. The second kappa shape index (κ2) is 20.0. The Hall–Kier alpha value is -0.0400. The van der Waals surface area contributed by atoms with Crippen molar-refractivity contribution in [2.75, 3.05) is 13.1 Å². The summed E-state index contributed by atoms with van der Waals surface area (Å²) in [5, 5.41) is 4.78. The van der Waals surface area contributed by atoms with E-state index in [4.69, 9.17) is 5.32 Å². The Morgan fingerprint density at radius 3 is 1.52 bits per heavy atom. The molecule has 0 N–H and O–H groups in total. The lowest BCUT2D eigenvalue weighted by molar-refractivity contribution is 0.411. The van der Waals surface area contributed by atoms with Gasteiger partial charge in [0.25, 0.3) is 0 Å². The number of nitrogens with zero attached hydrogens (tertiary/aromatic N) is 1. The van der Waals surface area contributed by atoms with E-state index in [2.05, 4.69) is 20.8 Å². The van der Waals surface area contributed by atoms with Gasteiger partial charge in [0.2, 0.25) is 0 Å². The normalized spacial score (nSPS) is 12.7. The van der Waals surface area contributed by atoms with Gasteiger partial charge in [-0.05, 0) is 18.8 Å². The molecule has 0 aromatic rings. The first kappa shape index (κ1) is 23.0. The van der Waals surface area contributed by atoms with Crippen LogP contribution < -0.4 is 5.32 Å². The first-order valence-corrected chi connectivity index (χ1v) is 11.0. The van der Waals surface area contributed by atoms with E-state index in [-0.39, 0.29) is 0 Å². The van der Waals surface area contributed by atoms with Crippen molar-refractivity contribution < 1.29 is 0 Å². The number of hydrogen-bond donors (Lipinski definition) is 0. The molecule has 1 nitrogen and oxygen atoms in total. The summed E-state index contributed by atoms with van der Waals surface area (Å²) in [6.45, 7) is 9.13. The van der Waals surface area contributed by atoms with E-state index < -0.39 is 0 Å². The fraction of sp³-hybridized carbons (Fsp3) is 1.00. The van der Waals surface area contributed by atoms with E-state index in [1.807, 2.05) is 0 Å². The highest BCUT2D eigenvalue weighted by Crippen LogP contribution is 2.13. The molecule has 1 heteroatoms. The molecule has 0 heterocycles. The largest absolute Gasteiger partial charge is 0.242 e. The summed E-state index contributed by atoms with van der Waals surface area (Å²) < 4.78 is 0. The SMILES string of the molecule is CCCCCCCCCCCCCC[N]CC(CC)CCCC. The van der Waals surface area contributed by atoms with Crippen molar-refractivity contribution in [1.82, 2.24) is 5.32 Å². The number of hydrogen-bond acceptors (Lipinski definition) is 0. The van der Waals surface area contributed by atoms with Gasteiger partial charge in [0.15, 0.2) is 0 Å². The van der Waals surface area contributed by atoms with E-state index >= 15 is 0 Å². The van der Waals surface area contributed by atoms with Gasteiger partial charge in [-0.1, -0.05) is 111 Å². The van der Waals surface area contributed by atoms with E-state index in [0.717, 1.165) is 19.0 Å². The monoisotopic (exact) mass is 324 g/mol. The summed E-state index contributed by atoms with van der Waals surface area (Å²) in [5.41, 5.74) is 0. The second-order valence-corrected chi connectivity index (χ2v) is 7.44. The van der Waals surface area contributed by atoms with Gasteiger partial charge >= 0.3 is 0 Å². The van der Waals surface area contributed by atoms with E-state index in [1.165, 1.54) is 103 Å². The van der Waals surface area contributed by atoms with Crippen LogP contribution in [0.3, 0.4) is 0 Å². The summed E-state index contributed by atoms with van der Waals surface area (Å²) >= 11 is 0. The number of unbranched alkanes of at least 4 members (excludes halogenated alkanes) is 12. The van der Waals surface area contributed by atoms with Crippen LogP contribution in [0.15, 0.2) is 0 Å². The molecule has 0 amide bonds. The number of rotatable bonds is 19. The fourth-order valence-electron chi connectivity index (χ4n) is 3.26. The average Bonchev–Trinajstić information content (AvgIpc) is 2.57. The van der Waals surface area contributed by atoms with Crippen molar-refractivity contribution in [3.63, 3.8) is 0 Å². The van der Waals surface area contributed by atoms with E-state index in [9.17, 15) is 0 Å². The molecule has 0 rings (SSSR count). The van der Waals surface area contributed by atoms with E-state index in [1.54, 1.807) is 0 Å². The van der Waals surface area contributed by atoms with Crippen molar-refractivity contribution in [2.24, 2.45) is 5.92 Å². The molecule has 0 saturated heterocycles. The topological polar surface area (TPSA) is 14.1 Å². The van der Waals surface area contributed by atoms with Gasteiger partial charge in [-0.25, -0.2) is 5.32 Å². The molecule has 0 bridgehead atoms. The maximum atomic E-state index is 4.78. The Kier molecular flexibility index (Phi) is 20.0. The lowest BCUT2D eigenvalue weighted by Crippen LogP contribution is -2.17. The molecule has 23 heavy (non-hydrogen) atoms. The van der Waals surface area contributed by atoms with Crippen LogP contribution in [0.2, 0.25) is 0 Å². The fourth-order valence-corrected chi connectivity index (χ4v) is 3.26. The minimum absolute atomic E-state index is 0.854. The maximum Gasteiger partial charge on any atom is 0.0161 e. The lowest BCUT2D eigenvalue weighted by Gasteiger charge is -2.13. The quantitative estimate of drug-likeness (QED) is 0.218. The van der Waals surface area contributed by atoms with Gasteiger partial charge in [-0.15, -0.1) is 0 Å². The van der Waals surface area contributed by atoms with Crippen LogP contribution in [0.1, 0.15) is 124 Å². The zero-order valence-electron chi connectivity index (χ0n) is 16.8. The molecule has 0 fully saturated rings. The zero-order chi connectivity index (χ0) is 17.0. The van der Waals surface area contributed by atoms with Gasteiger partial charge < -0.3 is 0 Å². The average molecular weight is 325 g/mol. The van der Waals surface area contributed by atoms with Crippen LogP contribution in [0, 0.1) is 5.92 Å². The molecule has 1 atom stereocenters. The highest BCUT2D eigenvalue weighted by Gasteiger charge is 2.05. The van der Waals surface area contributed by atoms with Crippen molar-refractivity contribution in [3.8, 4) is 0 Å². The van der Waals surface area contributed by atoms with Crippen LogP contribution in [0.4, 0.5) is 0 Å². The summed E-state index contributed by atoms with van der Waals surface area (Å²) in [6.07, 6.45) is 22.6. The van der Waals surface area contributed by atoms with Gasteiger partial charge in [0.1, 0.15) is 0 Å². The van der Waals surface area contributed by atoms with Gasteiger partial charge in [0, 0.05) is 13.1 Å². The second-order valence-electron chi connectivity index (χ2n) is 7.44. The highest BCUT2D eigenvalue weighted by molar-refractivity contribution is 4.60. The molecule has 0 aromatic carbocycles. The predicted octanol–water partition coefficient (Wildman–Crippen LogP) is 7.51. The molecule has 1 radical (unpaired) electrons. The molecule has 139 valence electrons. The summed E-state index contributed by atoms with van der Waals surface area (Å²) in [6, 6.07) is 0. The Morgan fingerprint density at radius 1 is 0.565 bits per heavy atom. The third-order valence-electron chi connectivity index (χ3n) is 5.10. The summed E-state index contributed by atoms with van der Waals surface area (Å²) in [5.74, 6) is 0.854. The van der Waals surface area contributed by atoms with Gasteiger partial charge in [-0.3, -0.25) is 0 Å². The first-order valence-electron chi connectivity index (χ1n) is 11.0. The van der Waals surface area contributed by atoms with E-state index in [0.29, 0.717) is 0 Å². The molecule has 0 aliphatic rings. The standard InChI is InChI=1S/C22H46N/c1-4-7-9-10-11-12-13-14-15-16-17-18-20-23-21-22(6-3)19-8-5-2/h22H,4-21H2,1-3H3. The van der Waals surface area contributed by atoms with Crippen molar-refractivity contribution >= 4 is 0 Å². The summed E-state index contributed by atoms with van der Waals surface area (Å²) in [4.78, 5) is 0. The minimum atomic E-state index is 0.854. The predicted molar refractivity (Wildman–Crippen MR) is 106 cm³/mol. The molecular weight excluding hydrogens is 278 g/mol. The van der Waals surface area contributed by atoms with Crippen LogP contribution in [-0.4, -0.2) is 13.1 Å². The lowest BCUT2D eigenvalue weighted by atomic mass is 9.99. The molecule has 1 unspecified atom stereocenters. The molecule has 0 saturated carbocycles. The zero-order valence-corrected chi connectivity index (χ0v) is 16.8. The van der Waals surface area contributed by atoms with Crippen molar-refractivity contribution in [1.29, 1.82) is 0 Å². The Morgan fingerprint density at radius 2 is 1.04 bits per heavy atom. The minimum Gasteiger partial charge on any atom is -0.242 e. The Balaban J connectivity index is 3.12. The first-order chi connectivity index (χ1) is 11.3. The summed E-state index contributed by atoms with van der Waals surface area (Å²) in [7, 11) is 0. The van der Waals surface area contributed by atoms with Crippen LogP contribution in [-0.2, 0) is 0 Å². The van der Waals surface area contributed by atoms with Gasteiger partial charge in [-0.2, -0.15) is 0 Å². The molecular formula is C22H46N. The third kappa shape index (κ3) is 18.1. The van der Waals surface area contributed by atoms with Crippen molar-refractivity contribution in [3.05, 3.63) is 0 Å². The highest BCUT2D eigenvalue weighted by atomic mass is 14.8. The smallest absolute Gasteiger partial charge is 0.0161 e.